The molecule has 7 heteroatoms. The van der Waals surface area contributed by atoms with E-state index in [0.29, 0.717) is 19.4 Å². The molecule has 1 N–H and O–H groups in total. The van der Waals surface area contributed by atoms with Crippen molar-refractivity contribution in [2.75, 3.05) is 13.2 Å². The third-order valence-electron chi connectivity index (χ3n) is 8.38. The maximum atomic E-state index is 13.4. The van der Waals surface area contributed by atoms with Gasteiger partial charge in [-0.1, -0.05) is 13.3 Å². The second-order valence-electron chi connectivity index (χ2n) is 9.40. The summed E-state index contributed by atoms with van der Waals surface area (Å²) in [5, 5.41) is 11.3. The van der Waals surface area contributed by atoms with Gasteiger partial charge in [0.25, 0.3) is 0 Å². The molecule has 0 amide bonds. The zero-order valence-electron chi connectivity index (χ0n) is 16.9. The number of furan rings is 1. The van der Waals surface area contributed by atoms with Crippen LogP contribution in [0.15, 0.2) is 23.0 Å². The van der Waals surface area contributed by atoms with E-state index in [1.165, 1.54) is 6.92 Å². The molecule has 29 heavy (non-hydrogen) atoms. The highest BCUT2D eigenvalue weighted by Crippen LogP contribution is 2.71. The summed E-state index contributed by atoms with van der Waals surface area (Å²) in [7, 11) is 0. The van der Waals surface area contributed by atoms with Crippen molar-refractivity contribution >= 4 is 11.9 Å². The lowest BCUT2D eigenvalue weighted by molar-refractivity contribution is -0.373. The average molecular weight is 404 g/mol. The number of esters is 2. The molecule has 0 aromatic carbocycles. The van der Waals surface area contributed by atoms with E-state index >= 15 is 0 Å². The first-order chi connectivity index (χ1) is 13.9. The van der Waals surface area contributed by atoms with Crippen molar-refractivity contribution in [3.8, 4) is 0 Å². The molecule has 1 aromatic rings. The minimum Gasteiger partial charge on any atom is -0.472 e. The summed E-state index contributed by atoms with van der Waals surface area (Å²) in [4.78, 5) is 24.9. The van der Waals surface area contributed by atoms with Gasteiger partial charge < -0.3 is 23.7 Å². The van der Waals surface area contributed by atoms with E-state index in [1.807, 2.05) is 6.07 Å². The van der Waals surface area contributed by atoms with Crippen LogP contribution in [0.5, 0.6) is 0 Å². The molecule has 4 fully saturated rings. The van der Waals surface area contributed by atoms with Gasteiger partial charge in [0.05, 0.1) is 36.1 Å². The largest absolute Gasteiger partial charge is 0.472 e. The predicted molar refractivity (Wildman–Crippen MR) is 99.5 cm³/mol. The van der Waals surface area contributed by atoms with Gasteiger partial charge in [-0.2, -0.15) is 0 Å². The maximum Gasteiger partial charge on any atom is 0.313 e. The Bertz CT molecular complexity index is 819. The van der Waals surface area contributed by atoms with Gasteiger partial charge in [-0.25, -0.2) is 0 Å². The Morgan fingerprint density at radius 1 is 1.41 bits per heavy atom. The van der Waals surface area contributed by atoms with Crippen LogP contribution in [0.2, 0.25) is 0 Å². The number of carbonyl (C=O) groups is 2. The first-order valence-corrected chi connectivity index (χ1v) is 10.5. The highest BCUT2D eigenvalue weighted by molar-refractivity contribution is 5.81. The van der Waals surface area contributed by atoms with Crippen LogP contribution in [0.25, 0.3) is 0 Å². The minimum absolute atomic E-state index is 0.0114. The maximum absolute atomic E-state index is 13.4. The fourth-order valence-electron chi connectivity index (χ4n) is 6.93. The topological polar surface area (TPSA) is 95.2 Å². The monoisotopic (exact) mass is 404 g/mol. The number of aliphatic hydroxyl groups excluding tert-OH is 1. The van der Waals surface area contributed by atoms with Crippen molar-refractivity contribution in [2.24, 2.45) is 22.7 Å². The van der Waals surface area contributed by atoms with Crippen LogP contribution in [0, 0.1) is 22.7 Å². The lowest BCUT2D eigenvalue weighted by Crippen LogP contribution is -2.79. The molecule has 158 valence electrons. The minimum atomic E-state index is -0.720. The van der Waals surface area contributed by atoms with E-state index < -0.39 is 22.5 Å². The molecule has 4 aliphatic rings. The number of fused-ring (bicyclic) bond motifs is 1. The summed E-state index contributed by atoms with van der Waals surface area (Å²) in [6.45, 7) is 3.95. The van der Waals surface area contributed by atoms with Crippen molar-refractivity contribution < 1.29 is 33.3 Å². The first-order valence-electron chi connectivity index (χ1n) is 10.5. The van der Waals surface area contributed by atoms with Crippen LogP contribution < -0.4 is 0 Å². The number of rotatable bonds is 3. The molecule has 0 radical (unpaired) electrons. The average Bonchev–Trinajstić information content (AvgIpc) is 3.29. The number of ether oxygens (including phenoxy) is 3. The molecule has 3 heterocycles. The fourth-order valence-corrected chi connectivity index (χ4v) is 6.93. The number of hydrogen-bond acceptors (Lipinski definition) is 7. The normalized spacial score (nSPS) is 45.8. The zero-order valence-corrected chi connectivity index (χ0v) is 16.9. The van der Waals surface area contributed by atoms with Gasteiger partial charge in [0.2, 0.25) is 0 Å². The Morgan fingerprint density at radius 3 is 2.90 bits per heavy atom. The van der Waals surface area contributed by atoms with Gasteiger partial charge in [-0.05, 0) is 37.2 Å². The van der Waals surface area contributed by atoms with Crippen LogP contribution >= 0.6 is 0 Å². The van der Waals surface area contributed by atoms with E-state index in [1.54, 1.807) is 12.5 Å². The molecule has 2 saturated heterocycles. The molecule has 5 rings (SSSR count). The Hall–Kier alpha value is -1.86. The quantitative estimate of drug-likeness (QED) is 0.774. The van der Waals surface area contributed by atoms with E-state index in [9.17, 15) is 14.7 Å². The molecule has 7 atom stereocenters. The standard InChI is InChI=1S/C22H28O7/c1-13-8-18(24)22-12-28-20(22,11-27-14(2)23)6-3-4-17(22)21(13)9-16(29-19(21)25)15-5-7-26-10-15/h5,7,10,13,16-18,24H,3-4,6,8-9,11-12H2,1-2H3/t13-,16+,17-,18-,20+,21-,22+/m1/s1. The lowest BCUT2D eigenvalue weighted by atomic mass is 9.40. The van der Waals surface area contributed by atoms with Crippen molar-refractivity contribution in [3.63, 3.8) is 0 Å². The second-order valence-corrected chi connectivity index (χ2v) is 9.40. The van der Waals surface area contributed by atoms with E-state index in [0.717, 1.165) is 24.8 Å². The molecule has 1 aromatic heterocycles. The number of carbonyl (C=O) groups excluding carboxylic acids is 2. The fraction of sp³-hybridized carbons (Fsp3) is 0.727. The summed E-state index contributed by atoms with van der Waals surface area (Å²) in [6, 6.07) is 1.84. The summed E-state index contributed by atoms with van der Waals surface area (Å²) < 4.78 is 22.5. The predicted octanol–water partition coefficient (Wildman–Crippen LogP) is 2.77. The second kappa shape index (κ2) is 6.32. The molecular weight excluding hydrogens is 376 g/mol. The first kappa shape index (κ1) is 19.1. The van der Waals surface area contributed by atoms with Crippen LogP contribution in [0.1, 0.15) is 57.6 Å². The Kier molecular flexibility index (Phi) is 4.17. The summed E-state index contributed by atoms with van der Waals surface area (Å²) >= 11 is 0. The summed E-state index contributed by atoms with van der Waals surface area (Å²) in [6.07, 6.45) is 5.79. The van der Waals surface area contributed by atoms with Crippen LogP contribution in [-0.2, 0) is 23.8 Å². The van der Waals surface area contributed by atoms with Crippen LogP contribution in [0.3, 0.4) is 0 Å². The van der Waals surface area contributed by atoms with Gasteiger partial charge in [-0.15, -0.1) is 0 Å². The van der Waals surface area contributed by atoms with Crippen molar-refractivity contribution in [3.05, 3.63) is 24.2 Å². The number of cyclic esters (lactones) is 1. The third kappa shape index (κ3) is 2.31. The van der Waals surface area contributed by atoms with Crippen molar-refractivity contribution in [2.45, 2.75) is 63.8 Å². The Balaban J connectivity index is 1.55. The van der Waals surface area contributed by atoms with Gasteiger partial charge in [0.1, 0.15) is 18.3 Å². The van der Waals surface area contributed by atoms with E-state index in [-0.39, 0.29) is 36.5 Å². The lowest BCUT2D eigenvalue weighted by Gasteiger charge is -2.71. The zero-order chi connectivity index (χ0) is 20.4. The summed E-state index contributed by atoms with van der Waals surface area (Å²) in [5.41, 5.74) is -1.11. The van der Waals surface area contributed by atoms with Gasteiger partial charge in [0.15, 0.2) is 0 Å². The van der Waals surface area contributed by atoms with Crippen molar-refractivity contribution in [1.29, 1.82) is 0 Å². The number of hydrogen-bond donors (Lipinski definition) is 1. The molecule has 0 unspecified atom stereocenters. The third-order valence-corrected chi connectivity index (χ3v) is 8.38. The molecule has 2 aliphatic carbocycles. The SMILES string of the molecule is CC(=O)OC[C@@]12CCC[C@@H]3[C@@]4(C[C@@H](c5ccoc5)OC4=O)[C@H](C)C[C@@H](O)[C@]31CO2. The molecule has 2 saturated carbocycles. The highest BCUT2D eigenvalue weighted by Gasteiger charge is 2.78. The van der Waals surface area contributed by atoms with Crippen LogP contribution in [-0.4, -0.2) is 42.0 Å². The van der Waals surface area contributed by atoms with E-state index in [2.05, 4.69) is 6.92 Å². The summed E-state index contributed by atoms with van der Waals surface area (Å²) in [5.74, 6) is -0.623. The van der Waals surface area contributed by atoms with Gasteiger partial charge in [-0.3, -0.25) is 9.59 Å². The Labute approximate surface area is 169 Å². The smallest absolute Gasteiger partial charge is 0.313 e. The van der Waals surface area contributed by atoms with Gasteiger partial charge in [0, 0.05) is 18.9 Å². The van der Waals surface area contributed by atoms with Crippen molar-refractivity contribution in [1.82, 2.24) is 0 Å². The molecular formula is C22H28O7. The highest BCUT2D eigenvalue weighted by atomic mass is 16.6. The van der Waals surface area contributed by atoms with E-state index in [4.69, 9.17) is 18.6 Å². The molecule has 0 bridgehead atoms. The molecule has 2 spiro atoms. The molecule has 2 aliphatic heterocycles. The molecule has 7 nitrogen and oxygen atoms in total. The Morgan fingerprint density at radius 2 is 2.24 bits per heavy atom. The number of aliphatic hydroxyl groups is 1. The van der Waals surface area contributed by atoms with Gasteiger partial charge >= 0.3 is 11.9 Å². The van der Waals surface area contributed by atoms with Crippen LogP contribution in [0.4, 0.5) is 0 Å².